The molecule has 1 unspecified atom stereocenters. The summed E-state index contributed by atoms with van der Waals surface area (Å²) in [4.78, 5) is 69.5. The predicted molar refractivity (Wildman–Crippen MR) is 143 cm³/mol. The summed E-state index contributed by atoms with van der Waals surface area (Å²) in [6.45, 7) is 2.88. The zero-order valence-corrected chi connectivity index (χ0v) is 22.3. The van der Waals surface area contributed by atoms with E-state index >= 15 is 0 Å². The number of ketones is 1. The second kappa shape index (κ2) is 9.38. The molecule has 4 aromatic rings. The molecule has 41 heavy (non-hydrogen) atoms. The molecule has 0 radical (unpaired) electrons. The smallest absolute Gasteiger partial charge is 0.332 e. The summed E-state index contributed by atoms with van der Waals surface area (Å²) in [5.74, 6) is -4.12. The predicted octanol–water partition coefficient (Wildman–Crippen LogP) is 1.24. The van der Waals surface area contributed by atoms with Crippen LogP contribution < -0.4 is 21.5 Å². The van der Waals surface area contributed by atoms with Gasteiger partial charge in [-0.1, -0.05) is 6.07 Å². The molecule has 2 fully saturated rings. The number of amides is 1. The van der Waals surface area contributed by atoms with E-state index in [1.54, 1.807) is 42.4 Å². The maximum Gasteiger partial charge on any atom is 0.332 e. The lowest BCUT2D eigenvalue weighted by Gasteiger charge is -2.19. The van der Waals surface area contributed by atoms with Crippen molar-refractivity contribution in [1.82, 2.24) is 33.6 Å². The Morgan fingerprint density at radius 3 is 2.46 bits per heavy atom. The normalized spacial score (nSPS) is 19.7. The van der Waals surface area contributed by atoms with Crippen LogP contribution in [-0.2, 0) is 23.2 Å². The number of fused-ring (bicyclic) bond motifs is 2. The average molecular weight is 566 g/mol. The standard InChI is InChI=1S/C26H25F2N9O4/c1-13(38)9-36-23(40)20-21(34(3)25(36)41)31-12-37(20)14(2)22(39)33-19-6-4-5-18(32-19)15-7-29-24(30-8-15)35-10-16-17(11-35)26(16,27)28/h4-8,12,14,16-17H,9-11H2,1-3H3,(H,32,33,39)/t14-,16-,17?/m0/s1. The molecule has 1 amide bonds. The van der Waals surface area contributed by atoms with Crippen LogP contribution in [0.5, 0.6) is 0 Å². The van der Waals surface area contributed by atoms with E-state index in [2.05, 4.69) is 25.3 Å². The molecule has 1 N–H and O–H groups in total. The molecule has 13 nitrogen and oxygen atoms in total. The Balaban J connectivity index is 1.20. The number of nitrogens with zero attached hydrogens (tertiary/aromatic N) is 8. The highest BCUT2D eigenvalue weighted by Crippen LogP contribution is 2.59. The van der Waals surface area contributed by atoms with Crippen LogP contribution in [0.2, 0.25) is 0 Å². The fourth-order valence-electron chi connectivity index (χ4n) is 5.25. The minimum atomic E-state index is -2.58. The molecule has 1 saturated heterocycles. The number of imidazole rings is 1. The number of piperidine rings is 1. The molecule has 1 saturated carbocycles. The van der Waals surface area contributed by atoms with Crippen LogP contribution in [0.1, 0.15) is 19.9 Å². The summed E-state index contributed by atoms with van der Waals surface area (Å²) in [7, 11) is 1.43. The van der Waals surface area contributed by atoms with Crippen molar-refractivity contribution in [2.45, 2.75) is 32.4 Å². The third-order valence-corrected chi connectivity index (χ3v) is 7.65. The van der Waals surface area contributed by atoms with Crippen molar-refractivity contribution >= 4 is 34.6 Å². The number of rotatable bonds is 7. The number of anilines is 2. The second-order valence-electron chi connectivity index (χ2n) is 10.4. The van der Waals surface area contributed by atoms with Crippen LogP contribution in [0.15, 0.2) is 46.5 Å². The summed E-state index contributed by atoms with van der Waals surface area (Å²) in [6, 6.07) is 4.07. The van der Waals surface area contributed by atoms with Gasteiger partial charge in [-0.3, -0.25) is 23.5 Å². The van der Waals surface area contributed by atoms with Crippen LogP contribution >= 0.6 is 0 Å². The average Bonchev–Trinajstić information content (AvgIpc) is 3.38. The molecule has 0 bridgehead atoms. The van der Waals surface area contributed by atoms with Crippen LogP contribution in [0, 0.1) is 11.8 Å². The van der Waals surface area contributed by atoms with Crippen molar-refractivity contribution < 1.29 is 18.4 Å². The van der Waals surface area contributed by atoms with Crippen LogP contribution in [0.25, 0.3) is 22.4 Å². The molecule has 15 heteroatoms. The number of halogens is 2. The van der Waals surface area contributed by atoms with Gasteiger partial charge >= 0.3 is 5.69 Å². The van der Waals surface area contributed by atoms with Crippen molar-refractivity contribution in [3.05, 3.63) is 57.8 Å². The summed E-state index contributed by atoms with van der Waals surface area (Å²) < 4.78 is 30.3. The number of carbonyl (C=O) groups is 2. The first-order chi connectivity index (χ1) is 19.5. The Morgan fingerprint density at radius 2 is 1.80 bits per heavy atom. The molecular formula is C26H25F2N9O4. The molecule has 3 atom stereocenters. The third-order valence-electron chi connectivity index (χ3n) is 7.65. The number of hydrogen-bond acceptors (Lipinski definition) is 9. The fourth-order valence-corrected chi connectivity index (χ4v) is 5.25. The molecule has 2 aliphatic rings. The van der Waals surface area contributed by atoms with Gasteiger partial charge in [0.05, 0.1) is 30.4 Å². The lowest BCUT2D eigenvalue weighted by Crippen LogP contribution is -2.41. The zero-order chi connectivity index (χ0) is 29.2. The highest BCUT2D eigenvalue weighted by Gasteiger charge is 2.72. The van der Waals surface area contributed by atoms with E-state index in [9.17, 15) is 28.0 Å². The fraction of sp³-hybridized carbons (Fsp3) is 0.385. The van der Waals surface area contributed by atoms with Crippen molar-refractivity contribution in [2.75, 3.05) is 23.3 Å². The van der Waals surface area contributed by atoms with Gasteiger partial charge in [0.25, 0.3) is 11.5 Å². The van der Waals surface area contributed by atoms with Gasteiger partial charge in [-0.2, -0.15) is 0 Å². The molecule has 1 aliphatic heterocycles. The quantitative estimate of drug-likeness (QED) is 0.349. The van der Waals surface area contributed by atoms with E-state index in [0.29, 0.717) is 17.2 Å². The van der Waals surface area contributed by atoms with Gasteiger partial charge in [0.1, 0.15) is 17.6 Å². The van der Waals surface area contributed by atoms with Crippen molar-refractivity contribution in [3.63, 3.8) is 0 Å². The molecule has 212 valence electrons. The van der Waals surface area contributed by atoms with E-state index in [0.717, 1.165) is 9.13 Å². The summed E-state index contributed by atoms with van der Waals surface area (Å²) in [5, 5.41) is 2.72. The van der Waals surface area contributed by atoms with E-state index in [1.807, 2.05) is 0 Å². The molecule has 5 heterocycles. The summed E-state index contributed by atoms with van der Waals surface area (Å²) in [6.07, 6.45) is 4.39. The number of Topliss-reactive ketones (excluding diaryl/α,β-unsaturated/α-hetero) is 1. The SMILES string of the molecule is CC(=O)Cn1c(=O)c2c(ncn2[C@@H](C)C(=O)Nc2cccc(-c3cnc(N4CC5[C@H](C4)C5(F)F)nc3)n2)n(C)c1=O. The Morgan fingerprint density at radius 1 is 1.12 bits per heavy atom. The molecule has 4 aromatic heterocycles. The molecular weight excluding hydrogens is 540 g/mol. The van der Waals surface area contributed by atoms with E-state index in [4.69, 9.17) is 0 Å². The van der Waals surface area contributed by atoms with Crippen LogP contribution in [0.3, 0.4) is 0 Å². The molecule has 0 aromatic carbocycles. The molecule has 0 spiro atoms. The van der Waals surface area contributed by atoms with Crippen LogP contribution in [-0.4, -0.2) is 64.3 Å². The van der Waals surface area contributed by atoms with Crippen molar-refractivity contribution in [1.29, 1.82) is 0 Å². The van der Waals surface area contributed by atoms with Crippen molar-refractivity contribution in [2.24, 2.45) is 18.9 Å². The highest BCUT2D eigenvalue weighted by atomic mass is 19.3. The van der Waals surface area contributed by atoms with E-state index < -0.39 is 47.5 Å². The first-order valence-corrected chi connectivity index (χ1v) is 12.9. The number of nitrogens with one attached hydrogen (secondary N) is 1. The minimum absolute atomic E-state index is 0.00831. The second-order valence-corrected chi connectivity index (χ2v) is 10.4. The van der Waals surface area contributed by atoms with Gasteiger partial charge in [-0.15, -0.1) is 0 Å². The number of aryl methyl sites for hydroxylation is 1. The van der Waals surface area contributed by atoms with Crippen molar-refractivity contribution in [3.8, 4) is 11.3 Å². The minimum Gasteiger partial charge on any atom is -0.340 e. The topological polar surface area (TPSA) is 150 Å². The monoisotopic (exact) mass is 565 g/mol. The number of carbonyl (C=O) groups excluding carboxylic acids is 2. The lowest BCUT2D eigenvalue weighted by molar-refractivity contribution is -0.119. The van der Waals surface area contributed by atoms with Gasteiger partial charge in [0.2, 0.25) is 11.9 Å². The maximum atomic E-state index is 13.5. The lowest BCUT2D eigenvalue weighted by atomic mass is 10.2. The van der Waals surface area contributed by atoms with Gasteiger partial charge in [0, 0.05) is 38.1 Å². The summed E-state index contributed by atoms with van der Waals surface area (Å²) >= 11 is 0. The largest absolute Gasteiger partial charge is 0.340 e. The first kappa shape index (κ1) is 26.4. The Hall–Kier alpha value is -4.82. The van der Waals surface area contributed by atoms with Crippen LogP contribution in [0.4, 0.5) is 20.5 Å². The number of alkyl halides is 2. The van der Waals surface area contributed by atoms with Gasteiger partial charge in [-0.25, -0.2) is 33.5 Å². The third kappa shape index (κ3) is 4.37. The Kier molecular flexibility index (Phi) is 6.04. The number of pyridine rings is 1. The molecule has 1 aliphatic carbocycles. The Labute approximate surface area is 230 Å². The van der Waals surface area contributed by atoms with E-state index in [-0.39, 0.29) is 35.9 Å². The van der Waals surface area contributed by atoms with E-state index in [1.165, 1.54) is 24.9 Å². The number of aromatic nitrogens is 7. The van der Waals surface area contributed by atoms with Gasteiger partial charge in [-0.05, 0) is 26.0 Å². The summed E-state index contributed by atoms with van der Waals surface area (Å²) in [5.41, 5.74) is -0.264. The molecule has 6 rings (SSSR count). The highest BCUT2D eigenvalue weighted by molar-refractivity contribution is 5.93. The van der Waals surface area contributed by atoms with Gasteiger partial charge in [0.15, 0.2) is 11.2 Å². The number of hydrogen-bond donors (Lipinski definition) is 1. The van der Waals surface area contributed by atoms with Gasteiger partial charge < -0.3 is 14.8 Å². The Bertz CT molecular complexity index is 1820. The first-order valence-electron chi connectivity index (χ1n) is 12.9. The zero-order valence-electron chi connectivity index (χ0n) is 22.3. The maximum absolute atomic E-state index is 13.5.